The molecule has 25 heavy (non-hydrogen) atoms. The van der Waals surface area contributed by atoms with Crippen molar-refractivity contribution in [3.8, 4) is 0 Å². The summed E-state index contributed by atoms with van der Waals surface area (Å²) in [6, 6.07) is 23.8. The standard InChI is InChI=1S/C24H29N/c1-2-3-4-5-6-8-13-20-18-23(25-22-15-9-7-10-16-22)19-21-14-11-12-17-24(20)21/h7,9-12,14-19,25H,2-6,8,13H2,1H3. The molecule has 1 nitrogen and oxygen atoms in total. The van der Waals surface area contributed by atoms with Crippen molar-refractivity contribution in [3.63, 3.8) is 0 Å². The van der Waals surface area contributed by atoms with Gasteiger partial charge in [-0.3, -0.25) is 0 Å². The fourth-order valence-electron chi connectivity index (χ4n) is 3.45. The molecule has 0 saturated carbocycles. The molecule has 0 radical (unpaired) electrons. The van der Waals surface area contributed by atoms with Gasteiger partial charge in [0.15, 0.2) is 0 Å². The van der Waals surface area contributed by atoms with E-state index in [1.54, 1.807) is 0 Å². The Hall–Kier alpha value is -2.28. The third kappa shape index (κ3) is 5.09. The summed E-state index contributed by atoms with van der Waals surface area (Å²) in [5.74, 6) is 0. The molecule has 0 bridgehead atoms. The highest BCUT2D eigenvalue weighted by Gasteiger charge is 2.05. The van der Waals surface area contributed by atoms with Crippen molar-refractivity contribution < 1.29 is 0 Å². The molecule has 130 valence electrons. The van der Waals surface area contributed by atoms with Crippen LogP contribution in [-0.2, 0) is 6.42 Å². The van der Waals surface area contributed by atoms with Crippen molar-refractivity contribution in [2.75, 3.05) is 5.32 Å². The van der Waals surface area contributed by atoms with E-state index in [4.69, 9.17) is 0 Å². The SMILES string of the molecule is CCCCCCCCc1cc(Nc2ccccc2)cc2ccccc12. The molecule has 0 fully saturated rings. The van der Waals surface area contributed by atoms with Crippen LogP contribution in [0.15, 0.2) is 66.7 Å². The Morgan fingerprint density at radius 3 is 2.24 bits per heavy atom. The predicted octanol–water partition coefficient (Wildman–Crippen LogP) is 7.49. The highest BCUT2D eigenvalue weighted by atomic mass is 14.9. The van der Waals surface area contributed by atoms with Gasteiger partial charge >= 0.3 is 0 Å². The molecule has 0 aliphatic heterocycles. The highest BCUT2D eigenvalue weighted by Crippen LogP contribution is 2.27. The number of hydrogen-bond donors (Lipinski definition) is 1. The van der Waals surface area contributed by atoms with E-state index < -0.39 is 0 Å². The number of nitrogens with one attached hydrogen (secondary N) is 1. The van der Waals surface area contributed by atoms with Crippen LogP contribution in [-0.4, -0.2) is 0 Å². The maximum absolute atomic E-state index is 3.55. The maximum Gasteiger partial charge on any atom is 0.0393 e. The lowest BCUT2D eigenvalue weighted by Gasteiger charge is -2.12. The number of para-hydroxylation sites is 1. The number of hydrogen-bond acceptors (Lipinski definition) is 1. The van der Waals surface area contributed by atoms with Gasteiger partial charge < -0.3 is 5.32 Å². The molecule has 0 atom stereocenters. The van der Waals surface area contributed by atoms with Gasteiger partial charge in [0.05, 0.1) is 0 Å². The van der Waals surface area contributed by atoms with Gasteiger partial charge in [0.2, 0.25) is 0 Å². The monoisotopic (exact) mass is 331 g/mol. The number of rotatable bonds is 9. The van der Waals surface area contributed by atoms with Gasteiger partial charge in [-0.2, -0.15) is 0 Å². The third-order valence-corrected chi connectivity index (χ3v) is 4.81. The lowest BCUT2D eigenvalue weighted by atomic mass is 9.98. The zero-order valence-corrected chi connectivity index (χ0v) is 15.3. The number of benzene rings is 3. The van der Waals surface area contributed by atoms with E-state index in [-0.39, 0.29) is 0 Å². The lowest BCUT2D eigenvalue weighted by Crippen LogP contribution is -1.94. The summed E-state index contributed by atoms with van der Waals surface area (Å²) in [5.41, 5.74) is 3.79. The van der Waals surface area contributed by atoms with Crippen molar-refractivity contribution in [1.29, 1.82) is 0 Å². The van der Waals surface area contributed by atoms with Crippen molar-refractivity contribution in [1.82, 2.24) is 0 Å². The predicted molar refractivity (Wildman–Crippen MR) is 111 cm³/mol. The van der Waals surface area contributed by atoms with E-state index >= 15 is 0 Å². The van der Waals surface area contributed by atoms with Crippen molar-refractivity contribution in [2.24, 2.45) is 0 Å². The third-order valence-electron chi connectivity index (χ3n) is 4.81. The summed E-state index contributed by atoms with van der Waals surface area (Å²) in [4.78, 5) is 0. The second-order valence-electron chi connectivity index (χ2n) is 6.87. The normalized spacial score (nSPS) is 10.9. The van der Waals surface area contributed by atoms with Crippen molar-refractivity contribution in [3.05, 3.63) is 72.3 Å². The van der Waals surface area contributed by atoms with E-state index in [9.17, 15) is 0 Å². The summed E-state index contributed by atoms with van der Waals surface area (Å²) in [6.45, 7) is 2.28. The Bertz CT molecular complexity index is 776. The van der Waals surface area contributed by atoms with E-state index in [0.29, 0.717) is 0 Å². The Morgan fingerprint density at radius 2 is 1.40 bits per heavy atom. The van der Waals surface area contributed by atoms with Gasteiger partial charge in [-0.05, 0) is 53.4 Å². The average molecular weight is 332 g/mol. The van der Waals surface area contributed by atoms with Crippen molar-refractivity contribution in [2.45, 2.75) is 51.9 Å². The lowest BCUT2D eigenvalue weighted by molar-refractivity contribution is 0.608. The largest absolute Gasteiger partial charge is 0.356 e. The minimum Gasteiger partial charge on any atom is -0.356 e. The molecule has 3 aromatic rings. The molecule has 3 rings (SSSR count). The number of anilines is 2. The van der Waals surface area contributed by atoms with E-state index in [1.165, 1.54) is 60.5 Å². The quantitative estimate of drug-likeness (QED) is 0.400. The van der Waals surface area contributed by atoms with Crippen LogP contribution in [0.2, 0.25) is 0 Å². The number of fused-ring (bicyclic) bond motifs is 1. The first-order valence-corrected chi connectivity index (χ1v) is 9.70. The van der Waals surface area contributed by atoms with E-state index in [2.05, 4.69) is 79.0 Å². The van der Waals surface area contributed by atoms with Crippen LogP contribution in [0.25, 0.3) is 10.8 Å². The molecule has 0 amide bonds. The molecule has 0 spiro atoms. The van der Waals surface area contributed by atoms with Gasteiger partial charge in [-0.15, -0.1) is 0 Å². The van der Waals surface area contributed by atoms with Crippen molar-refractivity contribution >= 4 is 22.1 Å². The minimum absolute atomic E-state index is 1.14. The van der Waals surface area contributed by atoms with Crippen LogP contribution in [0, 0.1) is 0 Å². The molecular weight excluding hydrogens is 302 g/mol. The Labute approximate surface area is 152 Å². The Kier molecular flexibility index (Phi) is 6.50. The van der Waals surface area contributed by atoms with E-state index in [0.717, 1.165) is 12.1 Å². The Morgan fingerprint density at radius 1 is 0.680 bits per heavy atom. The minimum atomic E-state index is 1.14. The Balaban J connectivity index is 1.73. The average Bonchev–Trinajstić information content (AvgIpc) is 2.65. The van der Waals surface area contributed by atoms with Crippen LogP contribution in [0.5, 0.6) is 0 Å². The fourth-order valence-corrected chi connectivity index (χ4v) is 3.45. The van der Waals surface area contributed by atoms with Crippen LogP contribution in [0.3, 0.4) is 0 Å². The number of aryl methyl sites for hydroxylation is 1. The first-order chi connectivity index (χ1) is 12.4. The molecular formula is C24H29N. The first-order valence-electron chi connectivity index (χ1n) is 9.70. The van der Waals surface area contributed by atoms with Gasteiger partial charge in [-0.1, -0.05) is 81.5 Å². The molecule has 0 aliphatic rings. The van der Waals surface area contributed by atoms with Gasteiger partial charge in [0.25, 0.3) is 0 Å². The molecule has 0 aliphatic carbocycles. The molecule has 0 unspecified atom stereocenters. The highest BCUT2D eigenvalue weighted by molar-refractivity contribution is 5.89. The van der Waals surface area contributed by atoms with Gasteiger partial charge in [-0.25, -0.2) is 0 Å². The summed E-state index contributed by atoms with van der Waals surface area (Å²) < 4.78 is 0. The van der Waals surface area contributed by atoms with Gasteiger partial charge in [0.1, 0.15) is 0 Å². The van der Waals surface area contributed by atoms with E-state index in [1.807, 2.05) is 0 Å². The van der Waals surface area contributed by atoms with Gasteiger partial charge in [0, 0.05) is 11.4 Å². The smallest absolute Gasteiger partial charge is 0.0393 e. The molecule has 0 saturated heterocycles. The zero-order valence-electron chi connectivity index (χ0n) is 15.3. The van der Waals surface area contributed by atoms with Crippen LogP contribution < -0.4 is 5.32 Å². The second-order valence-corrected chi connectivity index (χ2v) is 6.87. The molecule has 1 heteroatoms. The number of unbranched alkanes of at least 4 members (excludes halogenated alkanes) is 5. The zero-order chi connectivity index (χ0) is 17.3. The van der Waals surface area contributed by atoms with Crippen LogP contribution in [0.1, 0.15) is 51.0 Å². The summed E-state index contributed by atoms with van der Waals surface area (Å²) >= 11 is 0. The second kappa shape index (κ2) is 9.27. The summed E-state index contributed by atoms with van der Waals surface area (Å²) in [6.07, 6.45) is 9.22. The molecule has 0 aromatic heterocycles. The van der Waals surface area contributed by atoms with Crippen LogP contribution in [0.4, 0.5) is 11.4 Å². The molecule has 0 heterocycles. The summed E-state index contributed by atoms with van der Waals surface area (Å²) in [7, 11) is 0. The van der Waals surface area contributed by atoms with Crippen LogP contribution >= 0.6 is 0 Å². The first kappa shape index (κ1) is 17.5. The molecule has 1 N–H and O–H groups in total. The summed E-state index contributed by atoms with van der Waals surface area (Å²) in [5, 5.41) is 6.28. The fraction of sp³-hybridized carbons (Fsp3) is 0.333. The maximum atomic E-state index is 3.55. The topological polar surface area (TPSA) is 12.0 Å². The molecule has 3 aromatic carbocycles.